The van der Waals surface area contributed by atoms with Crippen LogP contribution in [0, 0.1) is 5.82 Å². The van der Waals surface area contributed by atoms with Gasteiger partial charge in [-0.1, -0.05) is 0 Å². The average Bonchev–Trinajstić information content (AvgIpc) is 2.72. The molecule has 0 amide bonds. The summed E-state index contributed by atoms with van der Waals surface area (Å²) in [5.41, 5.74) is 1.47. The third-order valence-electron chi connectivity index (χ3n) is 2.32. The molecule has 5 heteroatoms. The van der Waals surface area contributed by atoms with Crippen LogP contribution < -0.4 is 0 Å². The van der Waals surface area contributed by atoms with Gasteiger partial charge in [0.05, 0.1) is 16.4 Å². The summed E-state index contributed by atoms with van der Waals surface area (Å²) < 4.78 is 13.8. The molecule has 1 aromatic carbocycles. The number of aromatic hydroxyl groups is 1. The van der Waals surface area contributed by atoms with Gasteiger partial charge in [-0.05, 0) is 24.3 Å². The maximum absolute atomic E-state index is 13.0. The van der Waals surface area contributed by atoms with Crippen molar-refractivity contribution in [1.82, 2.24) is 9.97 Å². The molecule has 0 bridgehead atoms. The predicted molar refractivity (Wildman–Crippen MR) is 64.5 cm³/mol. The highest BCUT2D eigenvalue weighted by Gasteiger charge is 2.07. The number of benzene rings is 1. The summed E-state index contributed by atoms with van der Waals surface area (Å²) in [6.07, 6.45) is 2.98. The van der Waals surface area contributed by atoms with Gasteiger partial charge in [0.15, 0.2) is 0 Å². The van der Waals surface area contributed by atoms with E-state index in [2.05, 4.69) is 9.97 Å². The Kier molecular flexibility index (Phi) is 2.26. The van der Waals surface area contributed by atoms with E-state index in [-0.39, 0.29) is 11.6 Å². The summed E-state index contributed by atoms with van der Waals surface area (Å²) in [6.45, 7) is 0. The highest BCUT2D eigenvalue weighted by atomic mass is 32.1. The Morgan fingerprint density at radius 1 is 1.18 bits per heavy atom. The van der Waals surface area contributed by atoms with E-state index in [4.69, 9.17) is 0 Å². The zero-order chi connectivity index (χ0) is 11.8. The first-order valence-electron chi connectivity index (χ1n) is 4.93. The van der Waals surface area contributed by atoms with E-state index in [1.807, 2.05) is 0 Å². The second-order valence-electron chi connectivity index (χ2n) is 3.56. The molecule has 0 atom stereocenters. The highest BCUT2D eigenvalue weighted by molar-refractivity contribution is 7.21. The number of pyridine rings is 1. The molecule has 0 aliphatic carbocycles. The number of thiazole rings is 1. The number of aromatic nitrogens is 2. The van der Waals surface area contributed by atoms with Crippen LogP contribution in [0.15, 0.2) is 36.7 Å². The molecule has 0 saturated carbocycles. The molecule has 0 aliphatic heterocycles. The molecule has 0 saturated heterocycles. The lowest BCUT2D eigenvalue weighted by atomic mass is 10.3. The Bertz CT molecular complexity index is 696. The molecular weight excluding hydrogens is 239 g/mol. The predicted octanol–water partition coefficient (Wildman–Crippen LogP) is 3.20. The molecule has 2 heterocycles. The summed E-state index contributed by atoms with van der Waals surface area (Å²) in [6, 6.07) is 6.06. The van der Waals surface area contributed by atoms with Crippen molar-refractivity contribution in [2.45, 2.75) is 0 Å². The van der Waals surface area contributed by atoms with E-state index < -0.39 is 0 Å². The number of hydrogen-bond acceptors (Lipinski definition) is 4. The smallest absolute Gasteiger partial charge is 0.134 e. The van der Waals surface area contributed by atoms with Gasteiger partial charge in [-0.2, -0.15) is 0 Å². The maximum atomic E-state index is 13.0. The Hall–Kier alpha value is -2.01. The van der Waals surface area contributed by atoms with Crippen molar-refractivity contribution in [3.8, 4) is 16.3 Å². The van der Waals surface area contributed by atoms with Gasteiger partial charge in [-0.3, -0.25) is 4.98 Å². The topological polar surface area (TPSA) is 46.0 Å². The van der Waals surface area contributed by atoms with Gasteiger partial charge in [0.2, 0.25) is 0 Å². The third kappa shape index (κ3) is 1.85. The Morgan fingerprint density at radius 3 is 2.88 bits per heavy atom. The van der Waals surface area contributed by atoms with Crippen molar-refractivity contribution in [3.05, 3.63) is 42.5 Å². The zero-order valence-corrected chi connectivity index (χ0v) is 9.41. The van der Waals surface area contributed by atoms with Gasteiger partial charge in [0.1, 0.15) is 16.6 Å². The lowest BCUT2D eigenvalue weighted by Gasteiger charge is -1.94. The van der Waals surface area contributed by atoms with Crippen LogP contribution in [-0.2, 0) is 0 Å². The minimum atomic E-state index is -0.276. The zero-order valence-electron chi connectivity index (χ0n) is 8.59. The van der Waals surface area contributed by atoms with Gasteiger partial charge >= 0.3 is 0 Å². The van der Waals surface area contributed by atoms with Gasteiger partial charge < -0.3 is 5.11 Å². The fourth-order valence-electron chi connectivity index (χ4n) is 1.57. The van der Waals surface area contributed by atoms with Crippen LogP contribution in [0.5, 0.6) is 5.75 Å². The first-order valence-corrected chi connectivity index (χ1v) is 5.74. The van der Waals surface area contributed by atoms with E-state index in [1.165, 1.54) is 29.7 Å². The highest BCUT2D eigenvalue weighted by Crippen LogP contribution is 2.31. The van der Waals surface area contributed by atoms with E-state index in [1.54, 1.807) is 18.3 Å². The number of nitrogens with zero attached hydrogens (tertiary/aromatic N) is 2. The molecule has 3 aromatic rings. The van der Waals surface area contributed by atoms with Crippen LogP contribution in [0.2, 0.25) is 0 Å². The quantitative estimate of drug-likeness (QED) is 0.717. The minimum Gasteiger partial charge on any atom is -0.506 e. The van der Waals surface area contributed by atoms with Gasteiger partial charge in [-0.25, -0.2) is 9.37 Å². The average molecular weight is 246 g/mol. The van der Waals surface area contributed by atoms with Crippen LogP contribution in [0.4, 0.5) is 4.39 Å². The normalized spacial score (nSPS) is 10.9. The van der Waals surface area contributed by atoms with Crippen LogP contribution in [-0.4, -0.2) is 15.1 Å². The van der Waals surface area contributed by atoms with Crippen molar-refractivity contribution in [1.29, 1.82) is 0 Å². The van der Waals surface area contributed by atoms with E-state index >= 15 is 0 Å². The second-order valence-corrected chi connectivity index (χ2v) is 4.59. The molecule has 3 rings (SSSR count). The summed E-state index contributed by atoms with van der Waals surface area (Å²) in [4.78, 5) is 8.26. The second kappa shape index (κ2) is 3.78. The SMILES string of the molecule is Oc1cncc(-c2nc3ccc(F)cc3s2)c1. The molecule has 2 aromatic heterocycles. The van der Waals surface area contributed by atoms with Crippen molar-refractivity contribution >= 4 is 21.6 Å². The molecule has 0 unspecified atom stereocenters. The summed E-state index contributed by atoms with van der Waals surface area (Å²) in [5, 5.41) is 10.1. The summed E-state index contributed by atoms with van der Waals surface area (Å²) in [5.74, 6) is -0.185. The Morgan fingerprint density at radius 2 is 2.06 bits per heavy atom. The molecule has 1 N–H and O–H groups in total. The van der Waals surface area contributed by atoms with Crippen LogP contribution in [0.3, 0.4) is 0 Å². The van der Waals surface area contributed by atoms with Crippen molar-refractivity contribution in [3.63, 3.8) is 0 Å². The molecule has 84 valence electrons. The van der Waals surface area contributed by atoms with Gasteiger partial charge in [0.25, 0.3) is 0 Å². The van der Waals surface area contributed by atoms with Gasteiger partial charge in [0, 0.05) is 11.8 Å². The molecule has 0 radical (unpaired) electrons. The largest absolute Gasteiger partial charge is 0.506 e. The third-order valence-corrected chi connectivity index (χ3v) is 3.39. The molecule has 0 fully saturated rings. The minimum absolute atomic E-state index is 0.0907. The molecular formula is C12H7FN2OS. The van der Waals surface area contributed by atoms with Crippen LogP contribution in [0.1, 0.15) is 0 Å². The van der Waals surface area contributed by atoms with E-state index in [0.717, 1.165) is 15.8 Å². The maximum Gasteiger partial charge on any atom is 0.134 e. The van der Waals surface area contributed by atoms with E-state index in [9.17, 15) is 9.50 Å². The molecule has 0 aliphatic rings. The molecule has 0 spiro atoms. The number of hydrogen-bond donors (Lipinski definition) is 1. The van der Waals surface area contributed by atoms with E-state index in [0.29, 0.717) is 5.01 Å². The van der Waals surface area contributed by atoms with Gasteiger partial charge in [-0.15, -0.1) is 11.3 Å². The number of rotatable bonds is 1. The first kappa shape index (κ1) is 10.2. The van der Waals surface area contributed by atoms with Crippen molar-refractivity contribution < 1.29 is 9.50 Å². The lowest BCUT2D eigenvalue weighted by Crippen LogP contribution is -1.78. The standard InChI is InChI=1S/C12H7FN2OS/c13-8-1-2-10-11(4-8)17-12(15-10)7-3-9(16)6-14-5-7/h1-6,16H. The fourth-order valence-corrected chi connectivity index (χ4v) is 2.54. The number of halogens is 1. The monoisotopic (exact) mass is 246 g/mol. The first-order chi connectivity index (χ1) is 8.22. The summed E-state index contributed by atoms with van der Waals surface area (Å²) >= 11 is 1.37. The molecule has 3 nitrogen and oxygen atoms in total. The van der Waals surface area contributed by atoms with Crippen molar-refractivity contribution in [2.75, 3.05) is 0 Å². The Balaban J connectivity index is 2.18. The number of fused-ring (bicyclic) bond motifs is 1. The summed E-state index contributed by atoms with van der Waals surface area (Å²) in [7, 11) is 0. The Labute approximate surface area is 100 Å². The van der Waals surface area contributed by atoms with Crippen LogP contribution >= 0.6 is 11.3 Å². The van der Waals surface area contributed by atoms with Crippen LogP contribution in [0.25, 0.3) is 20.8 Å². The molecule has 17 heavy (non-hydrogen) atoms. The lowest BCUT2D eigenvalue weighted by molar-refractivity contribution is 0.473. The fraction of sp³-hybridized carbons (Fsp3) is 0. The van der Waals surface area contributed by atoms with Crippen molar-refractivity contribution in [2.24, 2.45) is 0 Å².